The first-order valence-electron chi connectivity index (χ1n) is 8.83. The Bertz CT molecular complexity index is 1110. The van der Waals surface area contributed by atoms with Crippen molar-refractivity contribution in [1.29, 1.82) is 0 Å². The molecule has 1 aromatic heterocycles. The Balaban J connectivity index is 1.69. The average Bonchev–Trinajstić information content (AvgIpc) is 3.11. The minimum absolute atomic E-state index is 0.0977. The van der Waals surface area contributed by atoms with Crippen LogP contribution in [0.25, 0.3) is 10.8 Å². The highest BCUT2D eigenvalue weighted by molar-refractivity contribution is 7.89. The van der Waals surface area contributed by atoms with Gasteiger partial charge in [-0.05, 0) is 17.7 Å². The minimum atomic E-state index is -3.86. The van der Waals surface area contributed by atoms with E-state index in [4.69, 9.17) is 0 Å². The van der Waals surface area contributed by atoms with E-state index in [2.05, 4.69) is 9.71 Å². The number of rotatable bonds is 4. The molecular formula is C20H19N3O4S. The molecule has 28 heavy (non-hydrogen) atoms. The molecule has 0 spiro atoms. The van der Waals surface area contributed by atoms with Gasteiger partial charge in [-0.15, -0.1) is 0 Å². The van der Waals surface area contributed by atoms with Crippen molar-refractivity contribution in [2.24, 2.45) is 0 Å². The van der Waals surface area contributed by atoms with Crippen LogP contribution in [0, 0.1) is 0 Å². The summed E-state index contributed by atoms with van der Waals surface area (Å²) in [4.78, 5) is 16.9. The standard InChI is InChI=1S/C20H19N3O4S/c24-20(25)23-12-17(14-5-2-1-3-6-14)18(13-23)22-28(26,27)19-8-4-7-15-11-21-10-9-16(15)19/h1-11,17-18,22H,12-13H2,(H,24,25)/t17-,18+/m1/s1. The Morgan fingerprint density at radius 1 is 1.07 bits per heavy atom. The van der Waals surface area contributed by atoms with E-state index in [-0.39, 0.29) is 23.9 Å². The van der Waals surface area contributed by atoms with Crippen LogP contribution in [-0.4, -0.2) is 48.6 Å². The van der Waals surface area contributed by atoms with E-state index in [0.717, 1.165) is 10.9 Å². The first kappa shape index (κ1) is 18.4. The van der Waals surface area contributed by atoms with Crippen molar-refractivity contribution < 1.29 is 18.3 Å². The average molecular weight is 397 g/mol. The lowest BCUT2D eigenvalue weighted by Crippen LogP contribution is -2.40. The largest absolute Gasteiger partial charge is 0.465 e. The van der Waals surface area contributed by atoms with Crippen molar-refractivity contribution in [2.45, 2.75) is 16.9 Å². The van der Waals surface area contributed by atoms with Crippen LogP contribution in [0.4, 0.5) is 4.79 Å². The summed E-state index contributed by atoms with van der Waals surface area (Å²) in [6.07, 6.45) is 2.11. The van der Waals surface area contributed by atoms with Gasteiger partial charge in [0.2, 0.25) is 10.0 Å². The van der Waals surface area contributed by atoms with Crippen molar-refractivity contribution >= 4 is 26.9 Å². The van der Waals surface area contributed by atoms with Gasteiger partial charge in [0.15, 0.2) is 0 Å². The smallest absolute Gasteiger partial charge is 0.407 e. The second kappa shape index (κ2) is 7.21. The van der Waals surface area contributed by atoms with E-state index in [1.165, 1.54) is 4.90 Å². The molecule has 2 aromatic carbocycles. The number of nitrogens with one attached hydrogen (secondary N) is 1. The van der Waals surface area contributed by atoms with E-state index in [1.807, 2.05) is 30.3 Å². The second-order valence-electron chi connectivity index (χ2n) is 6.79. The van der Waals surface area contributed by atoms with Crippen molar-refractivity contribution in [3.05, 3.63) is 72.6 Å². The number of hydrogen-bond acceptors (Lipinski definition) is 4. The van der Waals surface area contributed by atoms with E-state index < -0.39 is 22.2 Å². The van der Waals surface area contributed by atoms with Crippen LogP contribution in [0.5, 0.6) is 0 Å². The van der Waals surface area contributed by atoms with Crippen LogP contribution >= 0.6 is 0 Å². The molecule has 0 radical (unpaired) electrons. The van der Waals surface area contributed by atoms with Gasteiger partial charge in [0.1, 0.15) is 0 Å². The van der Waals surface area contributed by atoms with Crippen LogP contribution in [0.3, 0.4) is 0 Å². The molecule has 0 unspecified atom stereocenters. The number of fused-ring (bicyclic) bond motifs is 1. The number of sulfonamides is 1. The van der Waals surface area contributed by atoms with Crippen LogP contribution in [-0.2, 0) is 10.0 Å². The van der Waals surface area contributed by atoms with Gasteiger partial charge in [0.05, 0.1) is 4.90 Å². The monoisotopic (exact) mass is 397 g/mol. The molecule has 0 saturated carbocycles. The Morgan fingerprint density at radius 3 is 2.61 bits per heavy atom. The summed E-state index contributed by atoms with van der Waals surface area (Å²) in [5.74, 6) is -0.260. The third kappa shape index (κ3) is 3.44. The number of nitrogens with zero attached hydrogens (tertiary/aromatic N) is 2. The molecule has 8 heteroatoms. The van der Waals surface area contributed by atoms with Crippen molar-refractivity contribution in [3.8, 4) is 0 Å². The number of likely N-dealkylation sites (tertiary alicyclic amines) is 1. The van der Waals surface area contributed by atoms with Gasteiger partial charge in [-0.2, -0.15) is 0 Å². The van der Waals surface area contributed by atoms with Crippen molar-refractivity contribution in [3.63, 3.8) is 0 Å². The van der Waals surface area contributed by atoms with Crippen LogP contribution in [0.2, 0.25) is 0 Å². The maximum absolute atomic E-state index is 13.2. The van der Waals surface area contributed by atoms with Gasteiger partial charge < -0.3 is 10.0 Å². The third-order valence-corrected chi connectivity index (χ3v) is 6.60. The lowest BCUT2D eigenvalue weighted by Gasteiger charge is -2.20. The van der Waals surface area contributed by atoms with Crippen LogP contribution in [0.1, 0.15) is 11.5 Å². The van der Waals surface area contributed by atoms with Gasteiger partial charge >= 0.3 is 6.09 Å². The molecule has 1 fully saturated rings. The highest BCUT2D eigenvalue weighted by Gasteiger charge is 2.38. The molecule has 0 aliphatic carbocycles. The molecular weight excluding hydrogens is 378 g/mol. The Hall–Kier alpha value is -2.97. The van der Waals surface area contributed by atoms with Crippen LogP contribution < -0.4 is 4.72 Å². The van der Waals surface area contributed by atoms with Gasteiger partial charge in [-0.1, -0.05) is 42.5 Å². The molecule has 7 nitrogen and oxygen atoms in total. The summed E-state index contributed by atoms with van der Waals surface area (Å²) in [6, 6.07) is 15.5. The Labute approximate surface area is 162 Å². The molecule has 0 bridgehead atoms. The number of carboxylic acid groups (broad SMARTS) is 1. The topological polar surface area (TPSA) is 99.6 Å². The number of hydrogen-bond donors (Lipinski definition) is 2. The van der Waals surface area contributed by atoms with Gasteiger partial charge in [-0.3, -0.25) is 4.98 Å². The lowest BCUT2D eigenvalue weighted by atomic mass is 9.95. The summed E-state index contributed by atoms with van der Waals surface area (Å²) in [7, 11) is -3.86. The maximum Gasteiger partial charge on any atom is 0.407 e. The number of aromatic nitrogens is 1. The number of carbonyl (C=O) groups is 1. The fourth-order valence-electron chi connectivity index (χ4n) is 3.71. The Kier molecular flexibility index (Phi) is 4.74. The zero-order chi connectivity index (χ0) is 19.7. The van der Waals surface area contributed by atoms with E-state index in [1.54, 1.807) is 36.7 Å². The third-order valence-electron chi connectivity index (χ3n) is 5.05. The number of amides is 1. The van der Waals surface area contributed by atoms with Crippen molar-refractivity contribution in [1.82, 2.24) is 14.6 Å². The SMILES string of the molecule is O=C(O)N1C[C@H](NS(=O)(=O)c2cccc3cnccc23)[C@@H](c2ccccc2)C1. The van der Waals surface area contributed by atoms with E-state index >= 15 is 0 Å². The molecule has 1 saturated heterocycles. The van der Waals surface area contributed by atoms with Crippen molar-refractivity contribution in [2.75, 3.05) is 13.1 Å². The molecule has 144 valence electrons. The lowest BCUT2D eigenvalue weighted by molar-refractivity contribution is 0.154. The first-order chi connectivity index (χ1) is 13.5. The van der Waals surface area contributed by atoms with Gasteiger partial charge in [0, 0.05) is 48.2 Å². The maximum atomic E-state index is 13.2. The molecule has 3 aromatic rings. The molecule has 1 aliphatic rings. The molecule has 1 amide bonds. The summed E-state index contributed by atoms with van der Waals surface area (Å²) in [5, 5.41) is 10.7. The molecule has 2 N–H and O–H groups in total. The first-order valence-corrected chi connectivity index (χ1v) is 10.3. The summed E-state index contributed by atoms with van der Waals surface area (Å²) in [6.45, 7) is 0.340. The summed E-state index contributed by atoms with van der Waals surface area (Å²) >= 11 is 0. The number of pyridine rings is 1. The summed E-state index contributed by atoms with van der Waals surface area (Å²) in [5.41, 5.74) is 0.904. The molecule has 2 heterocycles. The van der Waals surface area contributed by atoms with E-state index in [9.17, 15) is 18.3 Å². The quantitative estimate of drug-likeness (QED) is 0.705. The predicted molar refractivity (Wildman–Crippen MR) is 105 cm³/mol. The normalized spacial score (nSPS) is 19.8. The number of benzene rings is 2. The highest BCUT2D eigenvalue weighted by atomic mass is 32.2. The molecule has 2 atom stereocenters. The molecule has 4 rings (SSSR count). The highest BCUT2D eigenvalue weighted by Crippen LogP contribution is 2.30. The fraction of sp³-hybridized carbons (Fsp3) is 0.200. The van der Waals surface area contributed by atoms with Crippen LogP contribution in [0.15, 0.2) is 71.9 Å². The molecule has 1 aliphatic heterocycles. The van der Waals surface area contributed by atoms with E-state index in [0.29, 0.717) is 5.39 Å². The Morgan fingerprint density at radius 2 is 1.86 bits per heavy atom. The fourth-order valence-corrected chi connectivity index (χ4v) is 5.20. The van der Waals surface area contributed by atoms with Gasteiger partial charge in [-0.25, -0.2) is 17.9 Å². The predicted octanol–water partition coefficient (Wildman–Crippen LogP) is 2.66. The van der Waals surface area contributed by atoms with Gasteiger partial charge in [0.25, 0.3) is 0 Å². The zero-order valence-electron chi connectivity index (χ0n) is 14.9. The summed E-state index contributed by atoms with van der Waals surface area (Å²) < 4.78 is 29.1. The second-order valence-corrected chi connectivity index (χ2v) is 8.47. The zero-order valence-corrected chi connectivity index (χ0v) is 15.7. The minimum Gasteiger partial charge on any atom is -0.465 e.